The van der Waals surface area contributed by atoms with Gasteiger partial charge >= 0.3 is 0 Å². The molecular formula is C15H15BrN2O2. The molecule has 0 saturated carbocycles. The molecule has 0 radical (unpaired) electrons. The van der Waals surface area contributed by atoms with Crippen LogP contribution in [0, 0.1) is 6.92 Å². The molecule has 0 bridgehead atoms. The molecular weight excluding hydrogens is 320 g/mol. The van der Waals surface area contributed by atoms with E-state index < -0.39 is 0 Å². The quantitative estimate of drug-likeness (QED) is 0.810. The van der Waals surface area contributed by atoms with Gasteiger partial charge in [0.05, 0.1) is 18.4 Å². The highest BCUT2D eigenvalue weighted by molar-refractivity contribution is 9.10. The van der Waals surface area contributed by atoms with Crippen molar-refractivity contribution in [2.75, 3.05) is 6.61 Å². The summed E-state index contributed by atoms with van der Waals surface area (Å²) in [5.41, 5.74) is 3.69. The molecule has 5 heteroatoms. The second-order valence-corrected chi connectivity index (χ2v) is 5.93. The Morgan fingerprint density at radius 2 is 2.30 bits per heavy atom. The number of aryl methyl sites for hydroxylation is 1. The van der Waals surface area contributed by atoms with Crippen LogP contribution in [0.15, 0.2) is 22.8 Å². The second kappa shape index (κ2) is 5.05. The molecule has 0 fully saturated rings. The highest BCUT2D eigenvalue weighted by Gasteiger charge is 2.21. The fourth-order valence-corrected chi connectivity index (χ4v) is 3.07. The minimum atomic E-state index is 0.0754. The molecule has 0 N–H and O–H groups in total. The van der Waals surface area contributed by atoms with E-state index in [0.717, 1.165) is 27.9 Å². The van der Waals surface area contributed by atoms with Gasteiger partial charge in [-0.05, 0) is 24.6 Å². The Hall–Kier alpha value is -1.62. The van der Waals surface area contributed by atoms with Gasteiger partial charge in [-0.2, -0.15) is 5.10 Å². The zero-order chi connectivity index (χ0) is 14.3. The van der Waals surface area contributed by atoms with E-state index in [2.05, 4.69) is 27.1 Å². The molecule has 20 heavy (non-hydrogen) atoms. The van der Waals surface area contributed by atoms with Crippen molar-refractivity contribution in [2.24, 2.45) is 7.05 Å². The molecule has 4 nitrogen and oxygen atoms in total. The molecule has 0 atom stereocenters. The predicted molar refractivity (Wildman–Crippen MR) is 79.3 cm³/mol. The second-order valence-electron chi connectivity index (χ2n) is 5.02. The number of carbonyl (C=O) groups excluding carboxylic acids is 1. The number of benzene rings is 1. The lowest BCUT2D eigenvalue weighted by molar-refractivity contribution is 0.0991. The summed E-state index contributed by atoms with van der Waals surface area (Å²) in [4.78, 5) is 12.4. The Morgan fingerprint density at radius 1 is 1.50 bits per heavy atom. The molecule has 1 aromatic carbocycles. The van der Waals surface area contributed by atoms with E-state index in [4.69, 9.17) is 4.74 Å². The summed E-state index contributed by atoms with van der Waals surface area (Å²) in [6.07, 6.45) is 2.88. The fourth-order valence-electron chi connectivity index (χ4n) is 2.52. The Kier molecular flexibility index (Phi) is 3.38. The van der Waals surface area contributed by atoms with Crippen molar-refractivity contribution in [1.82, 2.24) is 9.78 Å². The van der Waals surface area contributed by atoms with E-state index in [-0.39, 0.29) is 5.78 Å². The average Bonchev–Trinajstić information content (AvgIpc) is 2.97. The molecule has 104 valence electrons. The van der Waals surface area contributed by atoms with Gasteiger partial charge in [0, 0.05) is 35.6 Å². The van der Waals surface area contributed by atoms with Crippen LogP contribution in [0.25, 0.3) is 0 Å². The van der Waals surface area contributed by atoms with E-state index in [9.17, 15) is 4.79 Å². The van der Waals surface area contributed by atoms with Crippen molar-refractivity contribution in [2.45, 2.75) is 19.8 Å². The van der Waals surface area contributed by atoms with E-state index in [1.54, 1.807) is 10.9 Å². The SMILES string of the molecule is Cc1c(C(=O)Cc2cc(Br)cc3c2OCC3)cnn1C. The normalized spacial score (nSPS) is 13.2. The Balaban J connectivity index is 1.92. The first-order chi connectivity index (χ1) is 9.56. The van der Waals surface area contributed by atoms with Crippen molar-refractivity contribution < 1.29 is 9.53 Å². The van der Waals surface area contributed by atoms with Crippen LogP contribution < -0.4 is 4.74 Å². The van der Waals surface area contributed by atoms with Crippen LogP contribution in [-0.2, 0) is 19.9 Å². The molecule has 3 rings (SSSR count). The third-order valence-corrected chi connectivity index (χ3v) is 4.17. The molecule has 0 unspecified atom stereocenters. The number of fused-ring (bicyclic) bond motifs is 1. The Labute approximate surface area is 125 Å². The number of nitrogens with zero attached hydrogens (tertiary/aromatic N) is 2. The molecule has 0 saturated heterocycles. The minimum Gasteiger partial charge on any atom is -0.493 e. The lowest BCUT2D eigenvalue weighted by Crippen LogP contribution is -2.06. The summed E-state index contributed by atoms with van der Waals surface area (Å²) in [5.74, 6) is 0.953. The van der Waals surface area contributed by atoms with Gasteiger partial charge in [0.25, 0.3) is 0 Å². The summed E-state index contributed by atoms with van der Waals surface area (Å²) in [6.45, 7) is 2.60. The standard InChI is InChI=1S/C15H15BrN2O2/c1-9-13(8-17-18(9)2)14(19)7-11-6-12(16)5-10-3-4-20-15(10)11/h5-6,8H,3-4,7H2,1-2H3. The van der Waals surface area contributed by atoms with E-state index in [1.165, 1.54) is 5.56 Å². The van der Waals surface area contributed by atoms with Crippen molar-refractivity contribution in [3.8, 4) is 5.75 Å². The Bertz CT molecular complexity index is 691. The minimum absolute atomic E-state index is 0.0754. The zero-order valence-corrected chi connectivity index (χ0v) is 13.0. The number of aromatic nitrogens is 2. The van der Waals surface area contributed by atoms with Gasteiger partial charge in [0.2, 0.25) is 0 Å². The number of carbonyl (C=O) groups is 1. The van der Waals surface area contributed by atoms with Gasteiger partial charge in [-0.15, -0.1) is 0 Å². The number of ketones is 1. The van der Waals surface area contributed by atoms with E-state index in [0.29, 0.717) is 18.6 Å². The molecule has 1 aliphatic heterocycles. The van der Waals surface area contributed by atoms with Crippen LogP contribution in [0.3, 0.4) is 0 Å². The smallest absolute Gasteiger partial charge is 0.170 e. The fraction of sp³-hybridized carbons (Fsp3) is 0.333. The molecule has 2 heterocycles. The maximum atomic E-state index is 12.4. The monoisotopic (exact) mass is 334 g/mol. The van der Waals surface area contributed by atoms with Crippen molar-refractivity contribution >= 4 is 21.7 Å². The third-order valence-electron chi connectivity index (χ3n) is 3.71. The summed E-state index contributed by atoms with van der Waals surface area (Å²) in [6, 6.07) is 4.03. The van der Waals surface area contributed by atoms with E-state index in [1.807, 2.05) is 20.0 Å². The maximum absolute atomic E-state index is 12.4. The predicted octanol–water partition coefficient (Wildman–Crippen LogP) is 2.85. The highest BCUT2D eigenvalue weighted by Crippen LogP contribution is 2.33. The van der Waals surface area contributed by atoms with Crippen LogP contribution in [0.1, 0.15) is 27.2 Å². The van der Waals surface area contributed by atoms with Crippen molar-refractivity contribution in [3.63, 3.8) is 0 Å². The number of ether oxygens (including phenoxy) is 1. The van der Waals surface area contributed by atoms with Crippen molar-refractivity contribution in [1.29, 1.82) is 0 Å². The van der Waals surface area contributed by atoms with Crippen LogP contribution in [0.2, 0.25) is 0 Å². The number of Topliss-reactive ketones (excluding diaryl/α,β-unsaturated/α-hetero) is 1. The lowest BCUT2D eigenvalue weighted by Gasteiger charge is -2.08. The summed E-state index contributed by atoms with van der Waals surface area (Å²) in [5, 5.41) is 4.12. The van der Waals surface area contributed by atoms with Gasteiger partial charge in [-0.25, -0.2) is 0 Å². The Morgan fingerprint density at radius 3 is 3.00 bits per heavy atom. The number of hydrogen-bond donors (Lipinski definition) is 0. The summed E-state index contributed by atoms with van der Waals surface area (Å²) in [7, 11) is 1.84. The molecule has 0 spiro atoms. The zero-order valence-electron chi connectivity index (χ0n) is 11.4. The third kappa shape index (κ3) is 2.26. The highest BCUT2D eigenvalue weighted by atomic mass is 79.9. The maximum Gasteiger partial charge on any atom is 0.170 e. The molecule has 2 aromatic rings. The van der Waals surface area contributed by atoms with Gasteiger partial charge in [-0.3, -0.25) is 9.48 Å². The largest absolute Gasteiger partial charge is 0.493 e. The summed E-state index contributed by atoms with van der Waals surface area (Å²) < 4.78 is 8.37. The van der Waals surface area contributed by atoms with Crippen molar-refractivity contribution in [3.05, 3.63) is 45.2 Å². The van der Waals surface area contributed by atoms with E-state index >= 15 is 0 Å². The molecule has 0 aliphatic carbocycles. The number of halogens is 1. The van der Waals surface area contributed by atoms with Crippen LogP contribution >= 0.6 is 15.9 Å². The van der Waals surface area contributed by atoms with Crippen LogP contribution in [0.5, 0.6) is 5.75 Å². The first-order valence-corrected chi connectivity index (χ1v) is 7.31. The summed E-state index contributed by atoms with van der Waals surface area (Å²) >= 11 is 3.50. The van der Waals surface area contributed by atoms with Crippen LogP contribution in [0.4, 0.5) is 0 Å². The first-order valence-electron chi connectivity index (χ1n) is 6.52. The van der Waals surface area contributed by atoms with Gasteiger partial charge in [0.1, 0.15) is 5.75 Å². The van der Waals surface area contributed by atoms with Gasteiger partial charge in [0.15, 0.2) is 5.78 Å². The van der Waals surface area contributed by atoms with Gasteiger partial charge < -0.3 is 4.74 Å². The molecule has 1 aliphatic rings. The molecule has 1 aromatic heterocycles. The number of rotatable bonds is 3. The lowest BCUT2D eigenvalue weighted by atomic mass is 10.0. The van der Waals surface area contributed by atoms with Gasteiger partial charge in [-0.1, -0.05) is 15.9 Å². The average molecular weight is 335 g/mol. The molecule has 0 amide bonds. The van der Waals surface area contributed by atoms with Crippen LogP contribution in [-0.4, -0.2) is 22.2 Å². The number of hydrogen-bond acceptors (Lipinski definition) is 3. The topological polar surface area (TPSA) is 44.1 Å². The first kappa shape index (κ1) is 13.4.